The number of esters is 1. The Morgan fingerprint density at radius 3 is 2.34 bits per heavy atom. The fraction of sp³-hybridized carbons (Fsp3) is 0.286. The summed E-state index contributed by atoms with van der Waals surface area (Å²) in [6.45, 7) is 3.49. The van der Waals surface area contributed by atoms with E-state index in [0.717, 1.165) is 11.1 Å². The zero-order chi connectivity index (χ0) is 21.6. The summed E-state index contributed by atoms with van der Waals surface area (Å²) in [5.74, 6) is -0.491. The number of carbonyl (C=O) groups is 3. The summed E-state index contributed by atoms with van der Waals surface area (Å²) < 4.78 is 15.4. The second-order valence-corrected chi connectivity index (χ2v) is 6.24. The number of hydrogen-bond acceptors (Lipinski definition) is 6. The van der Waals surface area contributed by atoms with Crippen molar-refractivity contribution in [3.05, 3.63) is 52.6 Å². The lowest BCUT2D eigenvalue weighted by molar-refractivity contribution is -0.122. The Morgan fingerprint density at radius 1 is 1.00 bits per heavy atom. The van der Waals surface area contributed by atoms with E-state index in [4.69, 9.17) is 14.2 Å². The number of benzene rings is 2. The van der Waals surface area contributed by atoms with Gasteiger partial charge in [-0.05, 0) is 55.3 Å². The number of rotatable bonds is 7. The second kappa shape index (κ2) is 9.59. The van der Waals surface area contributed by atoms with Crippen LogP contribution in [-0.2, 0) is 9.53 Å². The van der Waals surface area contributed by atoms with Crippen LogP contribution in [0.3, 0.4) is 0 Å². The van der Waals surface area contributed by atoms with Gasteiger partial charge in [0.05, 0.1) is 19.8 Å². The quantitative estimate of drug-likeness (QED) is 0.692. The Labute approximate surface area is 169 Å². The number of anilines is 1. The van der Waals surface area contributed by atoms with Gasteiger partial charge in [-0.1, -0.05) is 0 Å². The van der Waals surface area contributed by atoms with Crippen molar-refractivity contribution in [2.45, 2.75) is 13.8 Å². The molecular weight excluding hydrogens is 376 g/mol. The zero-order valence-electron chi connectivity index (χ0n) is 17.0. The van der Waals surface area contributed by atoms with E-state index in [1.54, 1.807) is 24.3 Å². The molecule has 8 heteroatoms. The predicted molar refractivity (Wildman–Crippen MR) is 108 cm³/mol. The number of carbonyl (C=O) groups excluding carboxylic acids is 3. The van der Waals surface area contributed by atoms with Crippen molar-refractivity contribution in [1.82, 2.24) is 5.32 Å². The third kappa shape index (κ3) is 5.25. The third-order valence-electron chi connectivity index (χ3n) is 4.39. The normalized spacial score (nSPS) is 10.1. The minimum absolute atomic E-state index is 0.169. The Balaban J connectivity index is 2.24. The highest BCUT2D eigenvalue weighted by molar-refractivity contribution is 6.05. The smallest absolute Gasteiger partial charge is 0.338 e. The molecule has 0 aliphatic carbocycles. The number of likely N-dealkylation sites (N-methyl/N-ethyl adjacent to an activating group) is 1. The lowest BCUT2D eigenvalue weighted by Gasteiger charge is -2.13. The minimum atomic E-state index is -0.471. The molecule has 2 rings (SSSR count). The molecule has 0 fully saturated rings. The topological polar surface area (TPSA) is 103 Å². The molecular formula is C21H24N2O6. The lowest BCUT2D eigenvalue weighted by Crippen LogP contribution is -2.25. The molecule has 29 heavy (non-hydrogen) atoms. The van der Waals surface area contributed by atoms with Gasteiger partial charge in [0.25, 0.3) is 11.8 Å². The Morgan fingerprint density at radius 2 is 1.72 bits per heavy atom. The Kier molecular flexibility index (Phi) is 7.19. The van der Waals surface area contributed by atoms with Crippen LogP contribution in [0.4, 0.5) is 5.69 Å². The molecule has 8 nitrogen and oxygen atoms in total. The molecule has 154 valence electrons. The van der Waals surface area contributed by atoms with Crippen molar-refractivity contribution in [2.75, 3.05) is 33.2 Å². The van der Waals surface area contributed by atoms with Crippen LogP contribution in [0, 0.1) is 13.8 Å². The fourth-order valence-corrected chi connectivity index (χ4v) is 2.60. The van der Waals surface area contributed by atoms with E-state index in [9.17, 15) is 14.4 Å². The van der Waals surface area contributed by atoms with Gasteiger partial charge in [-0.2, -0.15) is 0 Å². The van der Waals surface area contributed by atoms with Crippen LogP contribution in [0.1, 0.15) is 31.8 Å². The molecule has 2 aromatic carbocycles. The maximum Gasteiger partial charge on any atom is 0.338 e. The zero-order valence-corrected chi connectivity index (χ0v) is 17.0. The van der Waals surface area contributed by atoms with Crippen LogP contribution >= 0.6 is 0 Å². The average Bonchev–Trinajstić information content (AvgIpc) is 2.73. The minimum Gasteiger partial charge on any atom is -0.493 e. The molecule has 0 atom stereocenters. The number of amides is 2. The van der Waals surface area contributed by atoms with Gasteiger partial charge in [0.15, 0.2) is 18.1 Å². The van der Waals surface area contributed by atoms with Gasteiger partial charge >= 0.3 is 5.97 Å². The van der Waals surface area contributed by atoms with E-state index < -0.39 is 5.97 Å². The van der Waals surface area contributed by atoms with Crippen molar-refractivity contribution < 1.29 is 28.6 Å². The van der Waals surface area contributed by atoms with E-state index in [1.807, 2.05) is 13.8 Å². The molecule has 0 heterocycles. The summed E-state index contributed by atoms with van der Waals surface area (Å²) in [6, 6.07) is 7.97. The first-order chi connectivity index (χ1) is 13.8. The highest BCUT2D eigenvalue weighted by Crippen LogP contribution is 2.29. The van der Waals surface area contributed by atoms with Crippen LogP contribution in [0.15, 0.2) is 30.3 Å². The molecule has 0 saturated heterocycles. The van der Waals surface area contributed by atoms with Gasteiger partial charge in [0.1, 0.15) is 0 Å². The van der Waals surface area contributed by atoms with Crippen LogP contribution in [0.25, 0.3) is 0 Å². The van der Waals surface area contributed by atoms with Gasteiger partial charge in [-0.3, -0.25) is 9.59 Å². The SMILES string of the molecule is CNC(=O)COc1ccc(C(=O)Nc2cc(C)c(C)c(C(=O)OC)c2)cc1OC. The summed E-state index contributed by atoms with van der Waals surface area (Å²) >= 11 is 0. The summed E-state index contributed by atoms with van der Waals surface area (Å²) in [5.41, 5.74) is 2.82. The van der Waals surface area contributed by atoms with E-state index in [1.165, 1.54) is 27.3 Å². The van der Waals surface area contributed by atoms with Crippen LogP contribution in [0.5, 0.6) is 11.5 Å². The van der Waals surface area contributed by atoms with Crippen molar-refractivity contribution in [2.24, 2.45) is 0 Å². The molecule has 0 aliphatic heterocycles. The largest absolute Gasteiger partial charge is 0.493 e. The number of methoxy groups -OCH3 is 2. The molecule has 0 unspecified atom stereocenters. The first-order valence-electron chi connectivity index (χ1n) is 8.83. The van der Waals surface area contributed by atoms with E-state index >= 15 is 0 Å². The first-order valence-corrected chi connectivity index (χ1v) is 8.83. The van der Waals surface area contributed by atoms with Crippen LogP contribution < -0.4 is 20.1 Å². The summed E-state index contributed by atoms with van der Waals surface area (Å²) in [4.78, 5) is 36.0. The van der Waals surface area contributed by atoms with Crippen LogP contribution in [0.2, 0.25) is 0 Å². The number of hydrogen-bond donors (Lipinski definition) is 2. The van der Waals surface area contributed by atoms with Crippen LogP contribution in [-0.4, -0.2) is 45.7 Å². The molecule has 2 aromatic rings. The summed E-state index contributed by atoms with van der Waals surface area (Å²) in [5, 5.41) is 5.22. The van der Waals surface area contributed by atoms with Crippen molar-refractivity contribution >= 4 is 23.5 Å². The second-order valence-electron chi connectivity index (χ2n) is 6.24. The molecule has 0 radical (unpaired) electrons. The molecule has 0 bridgehead atoms. The number of ether oxygens (including phenoxy) is 3. The monoisotopic (exact) mass is 400 g/mol. The van der Waals surface area contributed by atoms with Gasteiger partial charge in [0, 0.05) is 18.3 Å². The van der Waals surface area contributed by atoms with E-state index in [2.05, 4.69) is 10.6 Å². The summed E-state index contributed by atoms with van der Waals surface area (Å²) in [6.07, 6.45) is 0. The highest BCUT2D eigenvalue weighted by atomic mass is 16.5. The van der Waals surface area contributed by atoms with Crippen molar-refractivity contribution in [3.63, 3.8) is 0 Å². The van der Waals surface area contributed by atoms with Crippen molar-refractivity contribution in [1.29, 1.82) is 0 Å². The maximum absolute atomic E-state index is 12.7. The number of nitrogens with one attached hydrogen (secondary N) is 2. The Bertz CT molecular complexity index is 939. The van der Waals surface area contributed by atoms with Gasteiger partial charge < -0.3 is 24.8 Å². The average molecular weight is 400 g/mol. The van der Waals surface area contributed by atoms with E-state index in [0.29, 0.717) is 28.3 Å². The molecule has 0 aromatic heterocycles. The molecule has 0 spiro atoms. The molecule has 0 aliphatic rings. The standard InChI is InChI=1S/C21H24N2O6/c1-12-8-15(10-16(13(12)2)21(26)28-5)23-20(25)14-6-7-17(18(9-14)27-4)29-11-19(24)22-3/h6-10H,11H2,1-5H3,(H,22,24)(H,23,25). The number of aryl methyl sites for hydroxylation is 1. The van der Waals surface area contributed by atoms with E-state index in [-0.39, 0.29) is 18.4 Å². The van der Waals surface area contributed by atoms with Gasteiger partial charge in [-0.25, -0.2) is 4.79 Å². The highest BCUT2D eigenvalue weighted by Gasteiger charge is 2.16. The van der Waals surface area contributed by atoms with Gasteiger partial charge in [-0.15, -0.1) is 0 Å². The first kappa shape index (κ1) is 21.7. The predicted octanol–water partition coefficient (Wildman–Crippen LogP) is 2.48. The third-order valence-corrected chi connectivity index (χ3v) is 4.39. The maximum atomic E-state index is 12.7. The van der Waals surface area contributed by atoms with Crippen molar-refractivity contribution in [3.8, 4) is 11.5 Å². The molecule has 2 amide bonds. The summed E-state index contributed by atoms with van der Waals surface area (Å²) in [7, 11) is 4.26. The van der Waals surface area contributed by atoms with Gasteiger partial charge in [0.2, 0.25) is 0 Å². The Hall–Kier alpha value is -3.55. The fourth-order valence-electron chi connectivity index (χ4n) is 2.60. The molecule has 2 N–H and O–H groups in total. The molecule has 0 saturated carbocycles. The lowest BCUT2D eigenvalue weighted by atomic mass is 10.0.